The van der Waals surface area contributed by atoms with Crippen LogP contribution < -0.4 is 11.3 Å². The van der Waals surface area contributed by atoms with Crippen LogP contribution in [0.15, 0.2) is 11.1 Å². The molecule has 0 spiro atoms. The zero-order chi connectivity index (χ0) is 20.5. The molecule has 0 unspecified atom stereocenters. The van der Waals surface area contributed by atoms with Crippen LogP contribution in [-0.2, 0) is 9.30 Å². The summed E-state index contributed by atoms with van der Waals surface area (Å²) in [6.07, 6.45) is -1.54. The first-order valence-electron chi connectivity index (χ1n) is 7.19. The molecule has 2 aromatic rings. The van der Waals surface area contributed by atoms with Crippen LogP contribution in [0.1, 0.15) is 6.23 Å². The van der Waals surface area contributed by atoms with E-state index in [4.69, 9.17) is 34.8 Å². The largest absolute Gasteiger partial charge is 0.466 e. The average molecular weight is 427 g/mol. The van der Waals surface area contributed by atoms with Gasteiger partial charge in [0.25, 0.3) is 5.56 Å². The highest BCUT2D eigenvalue weighted by Crippen LogP contribution is 2.31. The minimum Gasteiger partial charge on any atom is -0.394 e. The van der Waals surface area contributed by atoms with Crippen molar-refractivity contribution in [2.45, 2.75) is 24.5 Å². The van der Waals surface area contributed by atoms with Gasteiger partial charge >= 0.3 is 7.82 Å². The van der Waals surface area contributed by atoms with E-state index in [0.29, 0.717) is 0 Å². The fraction of sp³-hybridized carbons (Fsp3) is 0.545. The molecule has 0 saturated carbocycles. The third kappa shape index (κ3) is 4.66. The predicted octanol–water partition coefficient (Wildman–Crippen LogP) is -3.02. The van der Waals surface area contributed by atoms with E-state index < -0.39 is 44.5 Å². The Hall–Kier alpha value is -1.55. The van der Waals surface area contributed by atoms with Gasteiger partial charge in [-0.25, -0.2) is 13.5 Å². The highest BCUT2D eigenvalue weighted by Gasteiger charge is 2.44. The number of imidazole rings is 1. The molecule has 1 fully saturated rings. The van der Waals surface area contributed by atoms with Crippen molar-refractivity contribution in [3.8, 4) is 0 Å². The molecule has 0 aromatic carbocycles. The second-order valence-corrected chi connectivity index (χ2v) is 7.08. The fourth-order valence-electron chi connectivity index (χ4n) is 2.44. The van der Waals surface area contributed by atoms with Crippen LogP contribution >= 0.6 is 19.8 Å². The highest BCUT2D eigenvalue weighted by atomic mass is 32.2. The van der Waals surface area contributed by atoms with Gasteiger partial charge in [0.15, 0.2) is 17.4 Å². The first-order chi connectivity index (χ1) is 12.5. The Bertz CT molecular complexity index is 905. The van der Waals surface area contributed by atoms with Gasteiger partial charge in [-0.3, -0.25) is 9.36 Å². The molecule has 0 aliphatic carbocycles. The SMILES string of the molecule is CSn1c(N)nc2c(ncn2[C@@H]2O[C@H](CO)[C@@H](O)[C@H]2O)c1=O.O=P(O)(O)O. The van der Waals surface area contributed by atoms with E-state index in [2.05, 4.69) is 9.97 Å². The molecule has 27 heavy (non-hydrogen) atoms. The Balaban J connectivity index is 0.000000465. The maximum absolute atomic E-state index is 12.2. The van der Waals surface area contributed by atoms with Crippen molar-refractivity contribution in [2.24, 2.45) is 0 Å². The van der Waals surface area contributed by atoms with E-state index in [1.807, 2.05) is 0 Å². The molecular weight excluding hydrogens is 409 g/mol. The number of hydrogen-bond donors (Lipinski definition) is 7. The maximum Gasteiger partial charge on any atom is 0.466 e. The third-order valence-corrected chi connectivity index (χ3v) is 4.28. The number of ether oxygens (including phenoxy) is 1. The summed E-state index contributed by atoms with van der Waals surface area (Å²) in [4.78, 5) is 41.9. The number of phosphoric acid groups is 1. The van der Waals surface area contributed by atoms with Crippen molar-refractivity contribution in [2.75, 3.05) is 18.6 Å². The Labute approximate surface area is 155 Å². The van der Waals surface area contributed by atoms with Crippen LogP contribution in [0.5, 0.6) is 0 Å². The van der Waals surface area contributed by atoms with Crippen molar-refractivity contribution in [3.05, 3.63) is 16.7 Å². The summed E-state index contributed by atoms with van der Waals surface area (Å²) >= 11 is 1.10. The first-order valence-corrected chi connectivity index (χ1v) is 9.94. The van der Waals surface area contributed by atoms with Gasteiger partial charge in [-0.15, -0.1) is 0 Å². The molecular formula is C11H18N5O9PS. The zero-order valence-electron chi connectivity index (χ0n) is 13.7. The molecule has 3 rings (SSSR count). The van der Waals surface area contributed by atoms with E-state index in [-0.39, 0.29) is 17.1 Å². The molecule has 0 bridgehead atoms. The summed E-state index contributed by atoms with van der Waals surface area (Å²) in [7, 11) is -4.64. The zero-order valence-corrected chi connectivity index (χ0v) is 15.4. The number of aliphatic hydroxyl groups excluding tert-OH is 3. The van der Waals surface area contributed by atoms with E-state index >= 15 is 0 Å². The number of nitrogens with zero attached hydrogens (tertiary/aromatic N) is 4. The third-order valence-electron chi connectivity index (χ3n) is 3.56. The summed E-state index contributed by atoms with van der Waals surface area (Å²) in [5, 5.41) is 29.0. The lowest BCUT2D eigenvalue weighted by Gasteiger charge is -2.16. The first kappa shape index (κ1) is 21.7. The standard InChI is InChI=1S/C11H15N5O5S.H3O4P/c1-22-16-9(20)5-8(14-11(16)12)15(3-13-5)10-7(19)6(18)4(2-17)21-10;1-5(2,3)4/h3-4,6-7,10,17-19H,2H2,1H3,(H2,12,14);(H3,1,2,3,4)/t4-,6-,7-,10-;/m1./s1. The number of aromatic nitrogens is 4. The van der Waals surface area contributed by atoms with Gasteiger partial charge in [0.05, 0.1) is 12.9 Å². The number of aliphatic hydroxyl groups is 3. The van der Waals surface area contributed by atoms with Crippen LogP contribution in [0.4, 0.5) is 5.95 Å². The van der Waals surface area contributed by atoms with Gasteiger partial charge in [0.2, 0.25) is 5.95 Å². The lowest BCUT2D eigenvalue weighted by Crippen LogP contribution is -2.33. The Morgan fingerprint density at radius 2 is 1.93 bits per heavy atom. The second kappa shape index (κ2) is 8.22. The second-order valence-electron chi connectivity index (χ2n) is 5.32. The van der Waals surface area contributed by atoms with Crippen molar-refractivity contribution in [1.29, 1.82) is 0 Å². The number of fused-ring (bicyclic) bond motifs is 1. The Kier molecular flexibility index (Phi) is 6.62. The molecule has 0 radical (unpaired) electrons. The van der Waals surface area contributed by atoms with Crippen molar-refractivity contribution < 1.29 is 39.3 Å². The topological polar surface area (TPSA) is 226 Å². The molecule has 1 aliphatic rings. The molecule has 0 amide bonds. The maximum atomic E-state index is 12.2. The normalized spacial score (nSPS) is 25.4. The van der Waals surface area contributed by atoms with Crippen LogP contribution in [0.25, 0.3) is 11.2 Å². The predicted molar refractivity (Wildman–Crippen MR) is 92.4 cm³/mol. The Morgan fingerprint density at radius 1 is 1.33 bits per heavy atom. The van der Waals surface area contributed by atoms with E-state index in [0.717, 1.165) is 11.9 Å². The van der Waals surface area contributed by atoms with Crippen molar-refractivity contribution in [1.82, 2.24) is 18.5 Å². The number of anilines is 1. The summed E-state index contributed by atoms with van der Waals surface area (Å²) in [5.41, 5.74) is 5.52. The smallest absolute Gasteiger partial charge is 0.394 e. The molecule has 3 heterocycles. The van der Waals surface area contributed by atoms with Crippen molar-refractivity contribution in [3.63, 3.8) is 0 Å². The number of hydrogen-bond acceptors (Lipinski definition) is 10. The molecule has 1 saturated heterocycles. The van der Waals surface area contributed by atoms with Crippen LogP contribution in [-0.4, -0.2) is 79.7 Å². The van der Waals surface area contributed by atoms with Crippen molar-refractivity contribution >= 4 is 36.9 Å². The monoisotopic (exact) mass is 427 g/mol. The number of nitrogen functional groups attached to an aromatic ring is 1. The lowest BCUT2D eigenvalue weighted by molar-refractivity contribution is -0.0511. The van der Waals surface area contributed by atoms with Gasteiger partial charge in [-0.1, -0.05) is 0 Å². The molecule has 16 heteroatoms. The summed E-state index contributed by atoms with van der Waals surface area (Å²) in [6, 6.07) is 0. The van der Waals surface area contributed by atoms with Gasteiger partial charge in [-0.05, 0) is 11.9 Å². The lowest BCUT2D eigenvalue weighted by atomic mass is 10.1. The fourth-order valence-corrected chi connectivity index (χ4v) is 2.92. The van der Waals surface area contributed by atoms with Crippen LogP contribution in [0.2, 0.25) is 0 Å². The van der Waals surface area contributed by atoms with Crippen LogP contribution in [0.3, 0.4) is 0 Å². The summed E-state index contributed by atoms with van der Waals surface area (Å²) in [6.45, 7) is -0.448. The minimum atomic E-state index is -4.64. The minimum absolute atomic E-state index is 0.0153. The van der Waals surface area contributed by atoms with Crippen LogP contribution in [0, 0.1) is 0 Å². The Morgan fingerprint density at radius 3 is 2.41 bits per heavy atom. The molecule has 1 aliphatic heterocycles. The van der Waals surface area contributed by atoms with Gasteiger partial charge in [0.1, 0.15) is 18.3 Å². The average Bonchev–Trinajstić information content (AvgIpc) is 3.08. The van der Waals surface area contributed by atoms with Gasteiger partial charge < -0.3 is 40.5 Å². The number of nitrogens with two attached hydrogens (primary N) is 1. The molecule has 8 N–H and O–H groups in total. The molecule has 152 valence electrons. The van der Waals surface area contributed by atoms with E-state index in [1.165, 1.54) is 14.9 Å². The number of rotatable bonds is 3. The summed E-state index contributed by atoms with van der Waals surface area (Å²) < 4.78 is 16.8. The molecule has 14 nitrogen and oxygen atoms in total. The summed E-state index contributed by atoms with van der Waals surface area (Å²) in [5.74, 6) is -0.0153. The highest BCUT2D eigenvalue weighted by molar-refractivity contribution is 7.97. The molecule has 2 aromatic heterocycles. The molecule has 4 atom stereocenters. The van der Waals surface area contributed by atoms with Gasteiger partial charge in [-0.2, -0.15) is 4.98 Å². The van der Waals surface area contributed by atoms with E-state index in [1.54, 1.807) is 6.26 Å². The van der Waals surface area contributed by atoms with Gasteiger partial charge in [0, 0.05) is 6.26 Å². The van der Waals surface area contributed by atoms with E-state index in [9.17, 15) is 15.0 Å². The quantitative estimate of drug-likeness (QED) is 0.242.